The molecule has 0 unspecified atom stereocenters. The molecule has 2 aromatic carbocycles. The van der Waals surface area contributed by atoms with Crippen LogP contribution in [0.4, 0.5) is 0 Å². The van der Waals surface area contributed by atoms with Gasteiger partial charge in [0.2, 0.25) is 0 Å². The van der Waals surface area contributed by atoms with Gasteiger partial charge < -0.3 is 5.32 Å². The Morgan fingerprint density at radius 1 is 1.08 bits per heavy atom. The number of carbonyl (C=O) groups is 1. The lowest BCUT2D eigenvalue weighted by atomic mass is 9.96. The van der Waals surface area contributed by atoms with Crippen molar-refractivity contribution in [3.05, 3.63) is 71.3 Å². The van der Waals surface area contributed by atoms with Gasteiger partial charge in [0.25, 0.3) is 5.91 Å². The highest BCUT2D eigenvalue weighted by Gasteiger charge is 2.18. The maximum Gasteiger partial charge on any atom is 0.251 e. The van der Waals surface area contributed by atoms with E-state index in [9.17, 15) is 4.79 Å². The highest BCUT2D eigenvalue weighted by atomic mass is 32.2. The molecule has 4 heteroatoms. The Morgan fingerprint density at radius 2 is 1.75 bits per heavy atom. The van der Waals surface area contributed by atoms with Crippen molar-refractivity contribution in [2.45, 2.75) is 23.8 Å². The van der Waals surface area contributed by atoms with Gasteiger partial charge in [-0.3, -0.25) is 4.79 Å². The zero-order chi connectivity index (χ0) is 16.8. The summed E-state index contributed by atoms with van der Waals surface area (Å²) in [6.07, 6.45) is 1.01. The van der Waals surface area contributed by atoms with Gasteiger partial charge in [0.1, 0.15) is 0 Å². The summed E-state index contributed by atoms with van der Waals surface area (Å²) in [5.41, 5.74) is 3.34. The predicted molar refractivity (Wildman–Crippen MR) is 106 cm³/mol. The molecule has 0 aromatic heterocycles. The van der Waals surface area contributed by atoms with Gasteiger partial charge in [0, 0.05) is 29.5 Å². The third-order valence-electron chi connectivity index (χ3n) is 4.34. The van der Waals surface area contributed by atoms with E-state index in [2.05, 4.69) is 48.6 Å². The summed E-state index contributed by atoms with van der Waals surface area (Å²) < 4.78 is 0.532. The zero-order valence-corrected chi connectivity index (χ0v) is 15.5. The van der Waals surface area contributed by atoms with E-state index >= 15 is 0 Å². The molecule has 1 aliphatic rings. The van der Waals surface area contributed by atoms with E-state index in [0.29, 0.717) is 17.0 Å². The van der Waals surface area contributed by atoms with Gasteiger partial charge >= 0.3 is 0 Å². The molecule has 3 rings (SSSR count). The zero-order valence-electron chi connectivity index (χ0n) is 13.9. The number of carbonyl (C=O) groups excluding carboxylic acids is 1. The number of amides is 1. The number of hydrogen-bond acceptors (Lipinski definition) is 3. The van der Waals surface area contributed by atoms with Crippen molar-refractivity contribution in [1.82, 2.24) is 5.32 Å². The van der Waals surface area contributed by atoms with Gasteiger partial charge in [-0.25, -0.2) is 0 Å². The first-order chi connectivity index (χ1) is 11.8. The fraction of sp³-hybridized carbons (Fsp3) is 0.350. The lowest BCUT2D eigenvalue weighted by Crippen LogP contribution is -2.28. The van der Waals surface area contributed by atoms with E-state index in [-0.39, 0.29) is 5.91 Å². The molecule has 1 N–H and O–H groups in total. The topological polar surface area (TPSA) is 29.1 Å². The molecule has 1 fully saturated rings. The minimum Gasteiger partial charge on any atom is -0.351 e. The first-order valence-electron chi connectivity index (χ1n) is 8.44. The molecular formula is C20H23NOS2. The van der Waals surface area contributed by atoms with E-state index in [1.165, 1.54) is 22.6 Å². The third-order valence-corrected chi connectivity index (χ3v) is 7.44. The van der Waals surface area contributed by atoms with Gasteiger partial charge in [-0.1, -0.05) is 49.4 Å². The van der Waals surface area contributed by atoms with E-state index in [1.807, 2.05) is 41.7 Å². The van der Waals surface area contributed by atoms with Crippen molar-refractivity contribution in [1.29, 1.82) is 0 Å². The molecule has 0 aliphatic carbocycles. The fourth-order valence-electron chi connectivity index (χ4n) is 2.88. The van der Waals surface area contributed by atoms with Gasteiger partial charge in [0.05, 0.1) is 4.58 Å². The Labute approximate surface area is 152 Å². The van der Waals surface area contributed by atoms with Crippen LogP contribution in [0.2, 0.25) is 0 Å². The second-order valence-electron chi connectivity index (χ2n) is 5.92. The highest BCUT2D eigenvalue weighted by Crippen LogP contribution is 2.45. The molecule has 2 nitrogen and oxygen atoms in total. The van der Waals surface area contributed by atoms with E-state index in [4.69, 9.17) is 0 Å². The van der Waals surface area contributed by atoms with E-state index in [1.54, 1.807) is 0 Å². The molecule has 24 heavy (non-hydrogen) atoms. The average Bonchev–Trinajstić information content (AvgIpc) is 3.18. The maximum atomic E-state index is 12.4. The van der Waals surface area contributed by atoms with Crippen LogP contribution in [-0.2, 0) is 0 Å². The average molecular weight is 358 g/mol. The van der Waals surface area contributed by atoms with Gasteiger partial charge in [-0.05, 0) is 29.7 Å². The Morgan fingerprint density at radius 3 is 2.38 bits per heavy atom. The molecule has 0 spiro atoms. The lowest BCUT2D eigenvalue weighted by molar-refractivity contribution is 0.0951. The number of rotatable bonds is 6. The third kappa shape index (κ3) is 4.37. The molecule has 0 bridgehead atoms. The monoisotopic (exact) mass is 357 g/mol. The predicted octanol–water partition coefficient (Wildman–Crippen LogP) is 5.09. The van der Waals surface area contributed by atoms with Crippen LogP contribution >= 0.6 is 23.5 Å². The van der Waals surface area contributed by atoms with Crippen LogP contribution in [0.1, 0.15) is 45.3 Å². The number of nitrogens with one attached hydrogen (secondary N) is 1. The van der Waals surface area contributed by atoms with E-state index in [0.717, 1.165) is 12.0 Å². The first kappa shape index (κ1) is 17.4. The van der Waals surface area contributed by atoms with Crippen LogP contribution in [-0.4, -0.2) is 24.0 Å². The molecule has 1 atom stereocenters. The second-order valence-corrected chi connectivity index (χ2v) is 8.65. The minimum atomic E-state index is 0.0164. The summed E-state index contributed by atoms with van der Waals surface area (Å²) >= 11 is 3.97. The molecule has 1 heterocycles. The largest absolute Gasteiger partial charge is 0.351 e. The second kappa shape index (κ2) is 8.63. The summed E-state index contributed by atoms with van der Waals surface area (Å²) in [7, 11) is 0. The van der Waals surface area contributed by atoms with Gasteiger partial charge in [-0.15, -0.1) is 23.5 Å². The van der Waals surface area contributed by atoms with Crippen LogP contribution < -0.4 is 5.32 Å². The van der Waals surface area contributed by atoms with Crippen LogP contribution in [0.3, 0.4) is 0 Å². The quantitative estimate of drug-likeness (QED) is 0.781. The summed E-state index contributed by atoms with van der Waals surface area (Å²) in [5.74, 6) is 2.81. The van der Waals surface area contributed by atoms with Crippen molar-refractivity contribution in [2.75, 3.05) is 18.1 Å². The summed E-state index contributed by atoms with van der Waals surface area (Å²) in [6, 6.07) is 18.5. The van der Waals surface area contributed by atoms with Gasteiger partial charge in [-0.2, -0.15) is 0 Å². The van der Waals surface area contributed by atoms with E-state index < -0.39 is 0 Å². The minimum absolute atomic E-state index is 0.0164. The number of benzene rings is 2. The SMILES string of the molecule is CC[C@H](CNC(=O)c1ccc(C2SCCS2)cc1)c1ccccc1. The van der Waals surface area contributed by atoms with Gasteiger partial charge in [0.15, 0.2) is 0 Å². The lowest BCUT2D eigenvalue weighted by Gasteiger charge is -2.16. The van der Waals surface area contributed by atoms with Crippen molar-refractivity contribution in [2.24, 2.45) is 0 Å². The summed E-state index contributed by atoms with van der Waals surface area (Å²) in [4.78, 5) is 12.4. The van der Waals surface area contributed by atoms with Crippen molar-refractivity contribution >= 4 is 29.4 Å². The Bertz CT molecular complexity index is 651. The fourth-order valence-corrected chi connectivity index (χ4v) is 5.74. The Kier molecular flexibility index (Phi) is 6.27. The van der Waals surface area contributed by atoms with Crippen molar-refractivity contribution in [3.8, 4) is 0 Å². The van der Waals surface area contributed by atoms with Crippen LogP contribution in [0.15, 0.2) is 54.6 Å². The number of thioether (sulfide) groups is 2. The standard InChI is InChI=1S/C20H23NOS2/c1-2-15(16-6-4-3-5-7-16)14-21-19(22)17-8-10-18(11-9-17)20-23-12-13-24-20/h3-11,15,20H,2,12-14H2,1H3,(H,21,22)/t15-/m1/s1. The van der Waals surface area contributed by atoms with Crippen molar-refractivity contribution < 1.29 is 4.79 Å². The number of hydrogen-bond donors (Lipinski definition) is 1. The first-order valence-corrected chi connectivity index (χ1v) is 10.5. The Balaban J connectivity index is 1.58. The van der Waals surface area contributed by atoms with Crippen molar-refractivity contribution in [3.63, 3.8) is 0 Å². The maximum absolute atomic E-state index is 12.4. The smallest absolute Gasteiger partial charge is 0.251 e. The van der Waals surface area contributed by atoms with Crippen LogP contribution in [0.5, 0.6) is 0 Å². The molecule has 1 aliphatic heterocycles. The van der Waals surface area contributed by atoms with Crippen LogP contribution in [0.25, 0.3) is 0 Å². The molecule has 1 amide bonds. The molecular weight excluding hydrogens is 334 g/mol. The molecule has 0 saturated carbocycles. The molecule has 1 saturated heterocycles. The molecule has 0 radical (unpaired) electrons. The Hall–Kier alpha value is -1.39. The normalized spacial score (nSPS) is 16.0. The summed E-state index contributed by atoms with van der Waals surface area (Å²) in [6.45, 7) is 2.84. The summed E-state index contributed by atoms with van der Waals surface area (Å²) in [5, 5.41) is 3.09. The molecule has 2 aromatic rings. The van der Waals surface area contributed by atoms with Crippen LogP contribution in [0, 0.1) is 0 Å². The highest BCUT2D eigenvalue weighted by molar-refractivity contribution is 8.19. The molecule has 126 valence electrons.